The highest BCUT2D eigenvalue weighted by Crippen LogP contribution is 2.52. The smallest absolute Gasteiger partial charge is 0.365 e. The Balaban J connectivity index is 1.20. The Morgan fingerprint density at radius 1 is 1.20 bits per heavy atom. The van der Waals surface area contributed by atoms with Crippen LogP contribution in [0.2, 0.25) is 0 Å². The minimum Gasteiger partial charge on any atom is -0.365 e. The van der Waals surface area contributed by atoms with Gasteiger partial charge in [-0.2, -0.15) is 13.2 Å². The molecule has 2 aliphatic heterocycles. The van der Waals surface area contributed by atoms with Crippen LogP contribution in [0, 0.1) is 11.8 Å². The van der Waals surface area contributed by atoms with E-state index in [4.69, 9.17) is 0 Å². The molecular weight excluding hydrogens is 529 g/mol. The van der Waals surface area contributed by atoms with E-state index in [-0.39, 0.29) is 16.9 Å². The molecule has 4 heterocycles. The van der Waals surface area contributed by atoms with Crippen molar-refractivity contribution < 1.29 is 18.0 Å². The van der Waals surface area contributed by atoms with Gasteiger partial charge in [-0.15, -0.1) is 10.2 Å². The first-order chi connectivity index (χ1) is 19.6. The first kappa shape index (κ1) is 26.0. The Morgan fingerprint density at radius 2 is 2.02 bits per heavy atom. The van der Waals surface area contributed by atoms with Gasteiger partial charge in [-0.1, -0.05) is 25.1 Å². The van der Waals surface area contributed by atoms with Gasteiger partial charge in [0.05, 0.1) is 16.9 Å². The van der Waals surface area contributed by atoms with Crippen molar-refractivity contribution in [3.63, 3.8) is 0 Å². The molecule has 1 aromatic carbocycles. The summed E-state index contributed by atoms with van der Waals surface area (Å²) in [5.41, 5.74) is 3.32. The minimum atomic E-state index is -4.57. The number of aryl methyl sites for hydroxylation is 1. The number of benzene rings is 1. The van der Waals surface area contributed by atoms with Crippen LogP contribution in [-0.4, -0.2) is 49.8 Å². The number of allylic oxidation sites excluding steroid dienone is 1. The number of alkyl halides is 3. The van der Waals surface area contributed by atoms with Crippen molar-refractivity contribution in [2.45, 2.75) is 44.3 Å². The molecule has 212 valence electrons. The van der Waals surface area contributed by atoms with E-state index in [2.05, 4.69) is 27.0 Å². The van der Waals surface area contributed by atoms with Crippen molar-refractivity contribution in [2.24, 2.45) is 18.9 Å². The molecule has 41 heavy (non-hydrogen) atoms. The van der Waals surface area contributed by atoms with Crippen molar-refractivity contribution in [1.29, 1.82) is 0 Å². The largest absolute Gasteiger partial charge is 0.416 e. The predicted octanol–water partition coefficient (Wildman–Crippen LogP) is 5.19. The highest BCUT2D eigenvalue weighted by atomic mass is 19.4. The molecule has 0 saturated heterocycles. The SMILES string of the molecule is CC1CC(c2cccc(N3C=C4C(C(F)(F)F)=CC(CN5CCc6[nH]ccc6C5)=CC4C3=O)c2)(c2nncn2C)C1. The first-order valence-corrected chi connectivity index (χ1v) is 14.0. The zero-order valence-corrected chi connectivity index (χ0v) is 22.9. The second-order valence-corrected chi connectivity index (χ2v) is 11.9. The molecule has 10 heteroatoms. The van der Waals surface area contributed by atoms with Crippen LogP contribution in [0.25, 0.3) is 0 Å². The third kappa shape index (κ3) is 4.27. The molecule has 2 aromatic heterocycles. The van der Waals surface area contributed by atoms with Crippen molar-refractivity contribution in [1.82, 2.24) is 24.6 Å². The molecule has 4 aliphatic rings. The summed E-state index contributed by atoms with van der Waals surface area (Å²) >= 11 is 0. The summed E-state index contributed by atoms with van der Waals surface area (Å²) in [6, 6.07) is 9.61. The molecule has 0 bridgehead atoms. The van der Waals surface area contributed by atoms with Crippen LogP contribution >= 0.6 is 0 Å². The Morgan fingerprint density at radius 3 is 2.76 bits per heavy atom. The van der Waals surface area contributed by atoms with Crippen LogP contribution in [0.5, 0.6) is 0 Å². The van der Waals surface area contributed by atoms with Gasteiger partial charge in [0.2, 0.25) is 5.91 Å². The van der Waals surface area contributed by atoms with Gasteiger partial charge < -0.3 is 9.55 Å². The summed E-state index contributed by atoms with van der Waals surface area (Å²) in [5.74, 6) is 0.0115. The van der Waals surface area contributed by atoms with Crippen molar-refractivity contribution in [3.8, 4) is 0 Å². The summed E-state index contributed by atoms with van der Waals surface area (Å²) in [7, 11) is 1.92. The highest BCUT2D eigenvalue weighted by Gasteiger charge is 2.49. The molecule has 0 spiro atoms. The van der Waals surface area contributed by atoms with Gasteiger partial charge in [-0.25, -0.2) is 0 Å². The van der Waals surface area contributed by atoms with Gasteiger partial charge in [-0.3, -0.25) is 14.6 Å². The summed E-state index contributed by atoms with van der Waals surface area (Å²) in [4.78, 5) is 20.5. The van der Waals surface area contributed by atoms with E-state index in [1.54, 1.807) is 18.5 Å². The van der Waals surface area contributed by atoms with E-state index in [1.807, 2.05) is 42.1 Å². The molecule has 1 saturated carbocycles. The summed E-state index contributed by atoms with van der Waals surface area (Å²) in [5, 5.41) is 8.48. The topological polar surface area (TPSA) is 70.1 Å². The minimum absolute atomic E-state index is 0.00324. The number of hydrogen-bond donors (Lipinski definition) is 1. The number of fused-ring (bicyclic) bond motifs is 2. The Kier molecular flexibility index (Phi) is 5.90. The van der Waals surface area contributed by atoms with E-state index in [0.717, 1.165) is 42.8 Å². The fraction of sp³-hybridized carbons (Fsp3) is 0.387. The monoisotopic (exact) mass is 560 g/mol. The molecule has 1 unspecified atom stereocenters. The summed E-state index contributed by atoms with van der Waals surface area (Å²) in [6.45, 7) is 3.95. The number of carbonyl (C=O) groups is 1. The van der Waals surface area contributed by atoms with E-state index >= 15 is 0 Å². The van der Waals surface area contributed by atoms with Crippen LogP contribution in [0.1, 0.15) is 42.4 Å². The zero-order valence-electron chi connectivity index (χ0n) is 22.9. The normalized spacial score (nSPS) is 26.2. The van der Waals surface area contributed by atoms with Gasteiger partial charge in [0, 0.05) is 56.9 Å². The maximum absolute atomic E-state index is 14.3. The molecule has 1 atom stereocenters. The fourth-order valence-corrected chi connectivity index (χ4v) is 7.19. The molecule has 1 amide bonds. The Bertz CT molecular complexity index is 1620. The standard InChI is InChI=1S/C31H31F3N6O/c1-19-13-30(14-19,29-37-36-18-38(29)2)22-4-3-5-23(12-22)40-17-25-24(28(40)41)10-20(11-26(25)31(32,33)34)15-39-9-7-27-21(16-39)6-8-35-27/h3-6,8,10-12,17-19,24,35H,7,9,13-16H2,1-2H3. The average Bonchev–Trinajstić information content (AvgIpc) is 3.65. The molecule has 1 fully saturated rings. The number of nitrogens with zero attached hydrogens (tertiary/aromatic N) is 5. The van der Waals surface area contributed by atoms with Crippen LogP contribution in [0.4, 0.5) is 18.9 Å². The fourth-order valence-electron chi connectivity index (χ4n) is 7.19. The van der Waals surface area contributed by atoms with E-state index in [9.17, 15) is 18.0 Å². The average molecular weight is 561 g/mol. The number of aromatic amines is 1. The van der Waals surface area contributed by atoms with Gasteiger partial charge >= 0.3 is 6.18 Å². The predicted molar refractivity (Wildman–Crippen MR) is 148 cm³/mol. The van der Waals surface area contributed by atoms with E-state index < -0.39 is 17.7 Å². The van der Waals surface area contributed by atoms with Crippen LogP contribution in [-0.2, 0) is 30.2 Å². The van der Waals surface area contributed by atoms with Gasteiger partial charge in [0.25, 0.3) is 0 Å². The second-order valence-electron chi connectivity index (χ2n) is 11.9. The molecule has 2 aliphatic carbocycles. The van der Waals surface area contributed by atoms with Crippen LogP contribution in [0.3, 0.4) is 0 Å². The number of hydrogen-bond acceptors (Lipinski definition) is 4. The van der Waals surface area contributed by atoms with Crippen molar-refractivity contribution >= 4 is 11.6 Å². The van der Waals surface area contributed by atoms with Gasteiger partial charge in [0.15, 0.2) is 0 Å². The van der Waals surface area contributed by atoms with E-state index in [1.165, 1.54) is 22.9 Å². The number of nitrogens with one attached hydrogen (secondary N) is 1. The first-order valence-electron chi connectivity index (χ1n) is 14.0. The maximum atomic E-state index is 14.3. The number of carbonyl (C=O) groups excluding carboxylic acids is 1. The Labute approximate surface area is 236 Å². The van der Waals surface area contributed by atoms with Crippen molar-refractivity contribution in [3.05, 3.63) is 101 Å². The van der Waals surface area contributed by atoms with Crippen molar-refractivity contribution in [2.75, 3.05) is 18.0 Å². The number of anilines is 1. The van der Waals surface area contributed by atoms with Gasteiger partial charge in [-0.05, 0) is 65.3 Å². The van der Waals surface area contributed by atoms with Crippen LogP contribution in [0.15, 0.2) is 77.9 Å². The number of H-pyrrole nitrogens is 1. The Hall–Kier alpha value is -3.92. The number of aromatic nitrogens is 4. The second kappa shape index (κ2) is 9.30. The third-order valence-corrected chi connectivity index (χ3v) is 9.05. The molecule has 1 N–H and O–H groups in total. The lowest BCUT2D eigenvalue weighted by Crippen LogP contribution is -2.43. The molecule has 7 nitrogen and oxygen atoms in total. The lowest BCUT2D eigenvalue weighted by molar-refractivity contribution is -0.119. The van der Waals surface area contributed by atoms with E-state index in [0.29, 0.717) is 30.3 Å². The molecule has 3 aromatic rings. The van der Waals surface area contributed by atoms with Gasteiger partial charge in [0.1, 0.15) is 12.2 Å². The van der Waals surface area contributed by atoms with Crippen LogP contribution < -0.4 is 4.90 Å². The molecule has 7 rings (SSSR count). The lowest BCUT2D eigenvalue weighted by atomic mass is 9.58. The zero-order chi connectivity index (χ0) is 28.5. The maximum Gasteiger partial charge on any atom is 0.416 e. The third-order valence-electron chi connectivity index (χ3n) is 9.05. The summed E-state index contributed by atoms with van der Waals surface area (Å²) in [6.07, 6.45) is 5.90. The number of amides is 1. The summed E-state index contributed by atoms with van der Waals surface area (Å²) < 4.78 is 45.0. The molecule has 0 radical (unpaired) electrons. The highest BCUT2D eigenvalue weighted by molar-refractivity contribution is 6.04. The quantitative estimate of drug-likeness (QED) is 0.466. The number of rotatable bonds is 5. The lowest BCUT2D eigenvalue weighted by Gasteiger charge is -2.46. The molecular formula is C31H31F3N6O. The number of halogens is 3.